The van der Waals surface area contributed by atoms with E-state index in [4.69, 9.17) is 0 Å². The maximum Gasteiger partial charge on any atom is 0.349 e. The maximum absolute atomic E-state index is 12.6. The zero-order valence-electron chi connectivity index (χ0n) is 13.7. The van der Waals surface area contributed by atoms with Crippen LogP contribution in [0.15, 0.2) is 59.2 Å². The van der Waals surface area contributed by atoms with Gasteiger partial charge >= 0.3 is 5.97 Å². The molecule has 0 unspecified atom stereocenters. The van der Waals surface area contributed by atoms with E-state index < -0.39 is 16.0 Å². The number of nitrogens with one attached hydrogen (secondary N) is 1. The quantitative estimate of drug-likeness (QED) is 0.651. The predicted molar refractivity (Wildman–Crippen MR) is 97.2 cm³/mol. The van der Waals surface area contributed by atoms with Crippen molar-refractivity contribution in [2.75, 3.05) is 7.11 Å². The number of ether oxygens (including phenoxy) is 1. The highest BCUT2D eigenvalue weighted by Crippen LogP contribution is 2.24. The molecule has 9 heteroatoms. The zero-order chi connectivity index (χ0) is 18.6. The normalized spacial score (nSPS) is 11.3. The average Bonchev–Trinajstić information content (AvgIpc) is 3.18. The number of hydrogen-bond acceptors (Lipinski definition) is 7. The van der Waals surface area contributed by atoms with Crippen molar-refractivity contribution in [3.8, 4) is 11.3 Å². The van der Waals surface area contributed by atoms with Gasteiger partial charge in [-0.2, -0.15) is 0 Å². The summed E-state index contributed by atoms with van der Waals surface area (Å²) in [5, 5.41) is 1.54. The highest BCUT2D eigenvalue weighted by Gasteiger charge is 2.24. The Morgan fingerprint density at radius 3 is 2.69 bits per heavy atom. The summed E-state index contributed by atoms with van der Waals surface area (Å²) in [6.45, 7) is 0.0320. The number of sulfonamides is 1. The summed E-state index contributed by atoms with van der Waals surface area (Å²) in [4.78, 5) is 20.0. The van der Waals surface area contributed by atoms with E-state index in [9.17, 15) is 13.2 Å². The number of pyridine rings is 2. The lowest BCUT2D eigenvalue weighted by Crippen LogP contribution is -2.25. The minimum absolute atomic E-state index is 0.0320. The number of thiophene rings is 1. The first-order chi connectivity index (χ1) is 12.5. The van der Waals surface area contributed by atoms with E-state index in [1.807, 2.05) is 0 Å². The molecule has 0 bridgehead atoms. The van der Waals surface area contributed by atoms with Crippen LogP contribution in [0.2, 0.25) is 0 Å². The molecule has 0 amide bonds. The van der Waals surface area contributed by atoms with E-state index >= 15 is 0 Å². The summed E-state index contributed by atoms with van der Waals surface area (Å²) in [6, 6.07) is 8.51. The van der Waals surface area contributed by atoms with Crippen molar-refractivity contribution >= 4 is 27.3 Å². The topological polar surface area (TPSA) is 98.2 Å². The fourth-order valence-corrected chi connectivity index (χ4v) is 4.69. The van der Waals surface area contributed by atoms with Crippen LogP contribution in [0.3, 0.4) is 0 Å². The van der Waals surface area contributed by atoms with Gasteiger partial charge in [-0.3, -0.25) is 9.97 Å². The number of carbonyl (C=O) groups is 1. The van der Waals surface area contributed by atoms with Gasteiger partial charge in [0.25, 0.3) is 0 Å². The molecule has 0 saturated heterocycles. The minimum Gasteiger partial charge on any atom is -0.465 e. The van der Waals surface area contributed by atoms with Crippen LogP contribution in [0, 0.1) is 0 Å². The van der Waals surface area contributed by atoms with Gasteiger partial charge in [0.1, 0.15) is 9.77 Å². The van der Waals surface area contributed by atoms with Crippen LogP contribution in [0.5, 0.6) is 0 Å². The molecule has 0 aliphatic heterocycles. The molecule has 0 fully saturated rings. The van der Waals surface area contributed by atoms with Crippen molar-refractivity contribution in [3.05, 3.63) is 64.7 Å². The Balaban J connectivity index is 1.86. The first-order valence-electron chi connectivity index (χ1n) is 7.52. The van der Waals surface area contributed by atoms with Crippen molar-refractivity contribution in [3.63, 3.8) is 0 Å². The van der Waals surface area contributed by atoms with Gasteiger partial charge in [-0.1, -0.05) is 6.07 Å². The van der Waals surface area contributed by atoms with Crippen molar-refractivity contribution in [1.29, 1.82) is 0 Å². The van der Waals surface area contributed by atoms with Crippen LogP contribution in [0.1, 0.15) is 15.2 Å². The maximum atomic E-state index is 12.6. The Labute approximate surface area is 154 Å². The Hall–Kier alpha value is -2.62. The second kappa shape index (κ2) is 7.73. The van der Waals surface area contributed by atoms with Gasteiger partial charge in [0.2, 0.25) is 10.0 Å². The number of nitrogens with zero attached hydrogens (tertiary/aromatic N) is 2. The fraction of sp³-hybridized carbons (Fsp3) is 0.118. The predicted octanol–water partition coefficient (Wildman–Crippen LogP) is 2.47. The van der Waals surface area contributed by atoms with Crippen molar-refractivity contribution in [2.45, 2.75) is 11.4 Å². The molecule has 0 atom stereocenters. The number of aromatic nitrogens is 2. The molecule has 0 saturated carbocycles. The van der Waals surface area contributed by atoms with Gasteiger partial charge in [-0.15, -0.1) is 11.3 Å². The number of methoxy groups -OCH3 is 1. The minimum atomic E-state index is -3.88. The monoisotopic (exact) mass is 389 g/mol. The summed E-state index contributed by atoms with van der Waals surface area (Å²) in [5.74, 6) is -0.681. The number of esters is 1. The molecule has 0 aromatic carbocycles. The number of rotatable bonds is 6. The highest BCUT2D eigenvalue weighted by atomic mass is 32.2. The Bertz CT molecular complexity index is 1020. The van der Waals surface area contributed by atoms with Crippen LogP contribution >= 0.6 is 11.3 Å². The molecule has 0 aliphatic rings. The Morgan fingerprint density at radius 1 is 1.19 bits per heavy atom. The lowest BCUT2D eigenvalue weighted by atomic mass is 10.1. The molecule has 3 aromatic heterocycles. The lowest BCUT2D eigenvalue weighted by Gasteiger charge is -2.10. The largest absolute Gasteiger partial charge is 0.465 e. The molecule has 3 heterocycles. The smallest absolute Gasteiger partial charge is 0.349 e. The lowest BCUT2D eigenvalue weighted by molar-refractivity contribution is 0.0602. The summed E-state index contributed by atoms with van der Waals surface area (Å²) in [5.41, 5.74) is 2.20. The molecule has 0 radical (unpaired) electrons. The van der Waals surface area contributed by atoms with Crippen LogP contribution in [-0.4, -0.2) is 31.5 Å². The molecule has 1 N–H and O–H groups in total. The molecule has 0 aliphatic carbocycles. The van der Waals surface area contributed by atoms with Crippen LogP contribution < -0.4 is 4.72 Å². The van der Waals surface area contributed by atoms with Crippen molar-refractivity contribution in [2.24, 2.45) is 0 Å². The highest BCUT2D eigenvalue weighted by molar-refractivity contribution is 7.89. The summed E-state index contributed by atoms with van der Waals surface area (Å²) >= 11 is 1.02. The molecule has 134 valence electrons. The molecule has 26 heavy (non-hydrogen) atoms. The molecule has 3 aromatic rings. The van der Waals surface area contributed by atoms with Gasteiger partial charge < -0.3 is 4.74 Å². The van der Waals surface area contributed by atoms with Crippen molar-refractivity contribution in [1.82, 2.24) is 14.7 Å². The Kier molecular flexibility index (Phi) is 5.40. The summed E-state index contributed by atoms with van der Waals surface area (Å²) in [7, 11) is -2.67. The second-order valence-electron chi connectivity index (χ2n) is 5.18. The van der Waals surface area contributed by atoms with E-state index in [-0.39, 0.29) is 16.3 Å². The van der Waals surface area contributed by atoms with Crippen molar-refractivity contribution < 1.29 is 17.9 Å². The first kappa shape index (κ1) is 18.2. The van der Waals surface area contributed by atoms with E-state index in [1.54, 1.807) is 42.9 Å². The van der Waals surface area contributed by atoms with Gasteiger partial charge in [-0.05, 0) is 35.2 Å². The van der Waals surface area contributed by atoms with E-state index in [2.05, 4.69) is 19.4 Å². The van der Waals surface area contributed by atoms with Crippen LogP contribution in [0.25, 0.3) is 11.3 Å². The van der Waals surface area contributed by atoms with Crippen LogP contribution in [-0.2, 0) is 21.3 Å². The molecule has 7 nitrogen and oxygen atoms in total. The van der Waals surface area contributed by atoms with E-state index in [1.165, 1.54) is 18.6 Å². The number of hydrogen-bond donors (Lipinski definition) is 1. The van der Waals surface area contributed by atoms with Gasteiger partial charge in [0.05, 0.1) is 12.8 Å². The standard InChI is InChI=1S/C17H15N3O4S2/c1-24-17(21)16-14(6-10-25-16)26(22,23)20-11-13-3-2-7-19-15(13)12-4-8-18-9-5-12/h2-10,20H,11H2,1H3. The van der Waals surface area contributed by atoms with E-state index in [0.717, 1.165) is 16.9 Å². The first-order valence-corrected chi connectivity index (χ1v) is 9.89. The third kappa shape index (κ3) is 3.79. The molecular formula is C17H15N3O4S2. The van der Waals surface area contributed by atoms with Gasteiger partial charge in [0.15, 0.2) is 0 Å². The van der Waals surface area contributed by atoms with Gasteiger partial charge in [0, 0.05) is 30.7 Å². The molecule has 3 rings (SSSR count). The third-order valence-electron chi connectivity index (χ3n) is 3.59. The summed E-state index contributed by atoms with van der Waals surface area (Å²) in [6.07, 6.45) is 4.93. The fourth-order valence-electron chi connectivity index (χ4n) is 2.35. The number of carbonyl (C=O) groups excluding carboxylic acids is 1. The van der Waals surface area contributed by atoms with Crippen LogP contribution in [0.4, 0.5) is 0 Å². The SMILES string of the molecule is COC(=O)c1sccc1S(=O)(=O)NCc1cccnc1-c1ccncc1. The summed E-state index contributed by atoms with van der Waals surface area (Å²) < 4.78 is 32.4. The molecular weight excluding hydrogens is 374 g/mol. The Morgan fingerprint density at radius 2 is 1.96 bits per heavy atom. The molecule has 0 spiro atoms. The third-order valence-corrected chi connectivity index (χ3v) is 6.05. The van der Waals surface area contributed by atoms with Gasteiger partial charge in [-0.25, -0.2) is 17.9 Å². The zero-order valence-corrected chi connectivity index (χ0v) is 15.4. The average molecular weight is 389 g/mol. The second-order valence-corrected chi connectivity index (χ2v) is 7.83. The van der Waals surface area contributed by atoms with E-state index in [0.29, 0.717) is 11.3 Å².